The van der Waals surface area contributed by atoms with Gasteiger partial charge in [-0.25, -0.2) is 0 Å². The van der Waals surface area contributed by atoms with Gasteiger partial charge in [-0.3, -0.25) is 9.69 Å². The second kappa shape index (κ2) is 6.51. The second-order valence-corrected chi connectivity index (χ2v) is 5.80. The van der Waals surface area contributed by atoms with Crippen molar-refractivity contribution in [2.24, 2.45) is 0 Å². The number of benzene rings is 1. The fourth-order valence-electron chi connectivity index (χ4n) is 2.58. The Bertz CT molecular complexity index is 480. The molecule has 1 atom stereocenters. The quantitative estimate of drug-likeness (QED) is 0.716. The van der Waals surface area contributed by atoms with Crippen LogP contribution < -0.4 is 0 Å². The predicted molar refractivity (Wildman–Crippen MR) is 81.3 cm³/mol. The molecule has 0 aromatic heterocycles. The minimum Gasteiger partial charge on any atom is -0.383 e. The third kappa shape index (κ3) is 3.47. The zero-order valence-electron chi connectivity index (χ0n) is 13.0. The highest BCUT2D eigenvalue weighted by Crippen LogP contribution is 2.29. The van der Waals surface area contributed by atoms with Gasteiger partial charge in [0, 0.05) is 25.3 Å². The maximum Gasteiger partial charge on any atom is 0.179 e. The van der Waals surface area contributed by atoms with Crippen LogP contribution in [-0.4, -0.2) is 43.0 Å². The van der Waals surface area contributed by atoms with E-state index in [0.29, 0.717) is 12.6 Å². The number of carbonyl (C=O) groups is 1. The molecule has 0 aliphatic heterocycles. The Hall–Kier alpha value is -1.19. The van der Waals surface area contributed by atoms with E-state index in [4.69, 9.17) is 4.74 Å². The first-order valence-electron chi connectivity index (χ1n) is 7.40. The van der Waals surface area contributed by atoms with Crippen LogP contribution in [0.5, 0.6) is 0 Å². The Morgan fingerprint density at radius 2 is 2.05 bits per heavy atom. The molecule has 1 saturated carbocycles. The van der Waals surface area contributed by atoms with E-state index in [1.165, 1.54) is 24.0 Å². The number of Topliss-reactive ketones (excluding diaryl/α,β-unsaturated/α-hetero) is 1. The third-order valence-corrected chi connectivity index (χ3v) is 4.24. The van der Waals surface area contributed by atoms with Gasteiger partial charge in [-0.15, -0.1) is 0 Å². The van der Waals surface area contributed by atoms with Crippen molar-refractivity contribution in [2.75, 3.05) is 20.3 Å². The van der Waals surface area contributed by atoms with Gasteiger partial charge in [0.2, 0.25) is 0 Å². The summed E-state index contributed by atoms with van der Waals surface area (Å²) in [6.45, 7) is 7.66. The van der Waals surface area contributed by atoms with Gasteiger partial charge in [-0.1, -0.05) is 12.1 Å². The number of nitrogens with zero attached hydrogens (tertiary/aromatic N) is 1. The summed E-state index contributed by atoms with van der Waals surface area (Å²) in [7, 11) is 1.71. The van der Waals surface area contributed by atoms with Gasteiger partial charge < -0.3 is 4.74 Å². The lowest BCUT2D eigenvalue weighted by Gasteiger charge is -2.28. The van der Waals surface area contributed by atoms with Gasteiger partial charge in [-0.2, -0.15) is 0 Å². The van der Waals surface area contributed by atoms with Crippen molar-refractivity contribution in [1.82, 2.24) is 4.90 Å². The summed E-state index contributed by atoms with van der Waals surface area (Å²) < 4.78 is 5.17. The molecule has 2 rings (SSSR count). The fourth-order valence-corrected chi connectivity index (χ4v) is 2.58. The molecule has 20 heavy (non-hydrogen) atoms. The molecule has 1 aliphatic rings. The van der Waals surface area contributed by atoms with E-state index >= 15 is 0 Å². The van der Waals surface area contributed by atoms with Gasteiger partial charge in [0.15, 0.2) is 5.78 Å². The highest BCUT2D eigenvalue weighted by Gasteiger charge is 2.34. The topological polar surface area (TPSA) is 29.5 Å². The van der Waals surface area contributed by atoms with Gasteiger partial charge in [0.05, 0.1) is 12.6 Å². The van der Waals surface area contributed by atoms with Crippen LogP contribution in [0.25, 0.3) is 0 Å². The zero-order valence-corrected chi connectivity index (χ0v) is 13.0. The Morgan fingerprint density at radius 1 is 1.35 bits per heavy atom. The lowest BCUT2D eigenvalue weighted by atomic mass is 9.99. The normalized spacial score (nSPS) is 16.4. The minimum atomic E-state index is -0.0697. The molecular weight excluding hydrogens is 250 g/mol. The molecule has 1 fully saturated rings. The Kier molecular flexibility index (Phi) is 4.95. The summed E-state index contributed by atoms with van der Waals surface area (Å²) in [6.07, 6.45) is 2.41. The summed E-state index contributed by atoms with van der Waals surface area (Å²) in [6, 6.07) is 6.49. The highest BCUT2D eigenvalue weighted by atomic mass is 16.5. The number of aryl methyl sites for hydroxylation is 2. The predicted octanol–water partition coefficient (Wildman–Crippen LogP) is 2.99. The lowest BCUT2D eigenvalue weighted by molar-refractivity contribution is 0.0758. The van der Waals surface area contributed by atoms with E-state index in [1.54, 1.807) is 7.11 Å². The molecule has 110 valence electrons. The summed E-state index contributed by atoms with van der Waals surface area (Å²) in [4.78, 5) is 15.0. The van der Waals surface area contributed by atoms with Crippen molar-refractivity contribution in [3.63, 3.8) is 0 Å². The van der Waals surface area contributed by atoms with E-state index in [2.05, 4.69) is 18.7 Å². The van der Waals surface area contributed by atoms with Gasteiger partial charge >= 0.3 is 0 Å². The average Bonchev–Trinajstić information content (AvgIpc) is 3.26. The van der Waals surface area contributed by atoms with Crippen molar-refractivity contribution in [3.8, 4) is 0 Å². The summed E-state index contributed by atoms with van der Waals surface area (Å²) in [5, 5.41) is 0. The van der Waals surface area contributed by atoms with Crippen LogP contribution in [0, 0.1) is 13.8 Å². The van der Waals surface area contributed by atoms with E-state index in [-0.39, 0.29) is 11.8 Å². The number of hydrogen-bond donors (Lipinski definition) is 0. The molecule has 0 radical (unpaired) electrons. The Balaban J connectivity index is 2.11. The van der Waals surface area contributed by atoms with Crippen molar-refractivity contribution in [1.29, 1.82) is 0 Å². The van der Waals surface area contributed by atoms with Crippen molar-refractivity contribution in [3.05, 3.63) is 34.9 Å². The number of rotatable bonds is 7. The molecule has 1 aromatic rings. The molecule has 0 heterocycles. The number of methoxy groups -OCH3 is 1. The van der Waals surface area contributed by atoms with Crippen LogP contribution in [-0.2, 0) is 4.74 Å². The summed E-state index contributed by atoms with van der Waals surface area (Å²) >= 11 is 0. The standard InChI is InChI=1S/C17H25NO2/c1-12-5-6-15(11-13(12)2)17(19)14(3)18(9-10-20-4)16-7-8-16/h5-6,11,14,16H,7-10H2,1-4H3. The highest BCUT2D eigenvalue weighted by molar-refractivity contribution is 6.00. The van der Waals surface area contributed by atoms with E-state index < -0.39 is 0 Å². The van der Waals surface area contributed by atoms with Gasteiger partial charge in [-0.05, 0) is 50.8 Å². The monoisotopic (exact) mass is 275 g/mol. The maximum absolute atomic E-state index is 12.7. The molecule has 1 unspecified atom stereocenters. The minimum absolute atomic E-state index is 0.0697. The number of ether oxygens (including phenoxy) is 1. The molecule has 3 nitrogen and oxygen atoms in total. The number of hydrogen-bond acceptors (Lipinski definition) is 3. The van der Waals surface area contributed by atoms with E-state index in [0.717, 1.165) is 12.1 Å². The maximum atomic E-state index is 12.7. The summed E-state index contributed by atoms with van der Waals surface area (Å²) in [5.41, 5.74) is 3.23. The zero-order chi connectivity index (χ0) is 14.7. The van der Waals surface area contributed by atoms with E-state index in [9.17, 15) is 4.79 Å². The molecule has 0 saturated heterocycles. The van der Waals surface area contributed by atoms with Crippen LogP contribution in [0.3, 0.4) is 0 Å². The smallest absolute Gasteiger partial charge is 0.179 e. The Morgan fingerprint density at radius 3 is 2.60 bits per heavy atom. The van der Waals surface area contributed by atoms with Crippen LogP contribution in [0.15, 0.2) is 18.2 Å². The SMILES string of the molecule is COCCN(C1CC1)C(C)C(=O)c1ccc(C)c(C)c1. The molecule has 3 heteroatoms. The molecule has 0 bridgehead atoms. The third-order valence-electron chi connectivity index (χ3n) is 4.24. The van der Waals surface area contributed by atoms with Crippen LogP contribution in [0.2, 0.25) is 0 Å². The lowest BCUT2D eigenvalue weighted by Crippen LogP contribution is -2.42. The molecule has 0 spiro atoms. The van der Waals surface area contributed by atoms with Crippen molar-refractivity contribution in [2.45, 2.75) is 45.7 Å². The fraction of sp³-hybridized carbons (Fsp3) is 0.588. The first-order chi connectivity index (χ1) is 9.54. The van der Waals surface area contributed by atoms with Crippen LogP contribution >= 0.6 is 0 Å². The Labute approximate surface area is 121 Å². The van der Waals surface area contributed by atoms with Crippen LogP contribution in [0.4, 0.5) is 0 Å². The largest absolute Gasteiger partial charge is 0.383 e. The average molecular weight is 275 g/mol. The number of carbonyl (C=O) groups excluding carboxylic acids is 1. The van der Waals surface area contributed by atoms with Crippen molar-refractivity contribution >= 4 is 5.78 Å². The summed E-state index contributed by atoms with van der Waals surface area (Å²) in [5.74, 6) is 0.219. The molecule has 1 aliphatic carbocycles. The molecule has 0 amide bonds. The van der Waals surface area contributed by atoms with E-state index in [1.807, 2.05) is 25.1 Å². The molecule has 1 aromatic carbocycles. The number of ketones is 1. The van der Waals surface area contributed by atoms with Crippen molar-refractivity contribution < 1.29 is 9.53 Å². The first kappa shape index (κ1) is 15.2. The second-order valence-electron chi connectivity index (χ2n) is 5.80. The van der Waals surface area contributed by atoms with Gasteiger partial charge in [0.25, 0.3) is 0 Å². The van der Waals surface area contributed by atoms with Crippen LogP contribution in [0.1, 0.15) is 41.3 Å². The molecule has 0 N–H and O–H groups in total. The van der Waals surface area contributed by atoms with Gasteiger partial charge in [0.1, 0.15) is 0 Å². The molecular formula is C17H25NO2. The first-order valence-corrected chi connectivity index (χ1v) is 7.40.